The molecule has 0 unspecified atom stereocenters. The fourth-order valence-corrected chi connectivity index (χ4v) is 1.67. The normalized spacial score (nSPS) is 11.5. The van der Waals surface area contributed by atoms with E-state index in [1.807, 2.05) is 32.8 Å². The van der Waals surface area contributed by atoms with Gasteiger partial charge < -0.3 is 10.2 Å². The smallest absolute Gasteiger partial charge is 0.288 e. The lowest BCUT2D eigenvalue weighted by molar-refractivity contribution is -0.384. The number of benzene rings is 1. The average Bonchev–Trinajstić information content (AvgIpc) is 2.35. The Morgan fingerprint density at radius 1 is 1.45 bits per heavy atom. The molecule has 0 aliphatic rings. The number of rotatable bonds is 5. The Bertz CT molecular complexity index is 530. The lowest BCUT2D eigenvalue weighted by Crippen LogP contribution is -2.48. The van der Waals surface area contributed by atoms with E-state index >= 15 is 0 Å². The number of nitro benzene ring substituents is 1. The fourth-order valence-electron chi connectivity index (χ4n) is 1.39. The first-order valence-corrected chi connectivity index (χ1v) is 6.43. The molecule has 7 heteroatoms. The average molecular weight is 300 g/mol. The summed E-state index contributed by atoms with van der Waals surface area (Å²) in [6, 6.07) is 4.17. The minimum atomic E-state index is -0.608. The topological polar surface area (TPSA) is 75.5 Å². The largest absolute Gasteiger partial charge is 0.350 e. The Morgan fingerprint density at radius 3 is 2.55 bits per heavy atom. The Kier molecular flexibility index (Phi) is 5.08. The standard InChI is InChI=1S/C13H18ClN3O3/c1-13(2,16(3)4)8-15-12(18)9-6-5-7-10(11(9)14)17(19)20/h5-7H,8H2,1-4H3,(H,15,18). The van der Waals surface area contributed by atoms with E-state index in [2.05, 4.69) is 5.32 Å². The van der Waals surface area contributed by atoms with E-state index in [0.29, 0.717) is 6.54 Å². The Labute approximate surface area is 122 Å². The van der Waals surface area contributed by atoms with Gasteiger partial charge in [0, 0.05) is 18.2 Å². The Hall–Kier alpha value is -1.66. The van der Waals surface area contributed by atoms with Gasteiger partial charge in [0.25, 0.3) is 11.6 Å². The van der Waals surface area contributed by atoms with Gasteiger partial charge in [0.15, 0.2) is 0 Å². The monoisotopic (exact) mass is 299 g/mol. The maximum Gasteiger partial charge on any atom is 0.288 e. The lowest BCUT2D eigenvalue weighted by Gasteiger charge is -2.32. The van der Waals surface area contributed by atoms with Crippen molar-refractivity contribution in [3.63, 3.8) is 0 Å². The van der Waals surface area contributed by atoms with Crippen LogP contribution in [0.15, 0.2) is 18.2 Å². The fraction of sp³-hybridized carbons (Fsp3) is 0.462. The molecule has 0 heterocycles. The summed E-state index contributed by atoms with van der Waals surface area (Å²) < 4.78 is 0. The predicted octanol–water partition coefficient (Wildman–Crippen LogP) is 2.32. The summed E-state index contributed by atoms with van der Waals surface area (Å²) in [6.45, 7) is 4.35. The summed E-state index contributed by atoms with van der Waals surface area (Å²) >= 11 is 5.90. The highest BCUT2D eigenvalue weighted by atomic mass is 35.5. The summed E-state index contributed by atoms with van der Waals surface area (Å²) in [7, 11) is 3.82. The van der Waals surface area contributed by atoms with Gasteiger partial charge in [-0.2, -0.15) is 0 Å². The molecule has 1 aromatic carbocycles. The van der Waals surface area contributed by atoms with Crippen LogP contribution < -0.4 is 5.32 Å². The van der Waals surface area contributed by atoms with Gasteiger partial charge in [-0.25, -0.2) is 0 Å². The first-order chi connectivity index (χ1) is 9.16. The van der Waals surface area contributed by atoms with Crippen molar-refractivity contribution in [3.8, 4) is 0 Å². The van der Waals surface area contributed by atoms with Crippen molar-refractivity contribution in [2.45, 2.75) is 19.4 Å². The summed E-state index contributed by atoms with van der Waals surface area (Å²) in [5.74, 6) is -0.423. The van der Waals surface area contributed by atoms with Gasteiger partial charge in [0.2, 0.25) is 0 Å². The number of halogens is 1. The van der Waals surface area contributed by atoms with E-state index in [-0.39, 0.29) is 21.8 Å². The quantitative estimate of drug-likeness (QED) is 0.669. The molecular weight excluding hydrogens is 282 g/mol. The number of nitro groups is 1. The van der Waals surface area contributed by atoms with Crippen LogP contribution in [0, 0.1) is 10.1 Å². The van der Waals surface area contributed by atoms with Gasteiger partial charge in [0.05, 0.1) is 10.5 Å². The molecule has 1 amide bonds. The summed E-state index contributed by atoms with van der Waals surface area (Å²) in [6.07, 6.45) is 0. The number of hydrogen-bond acceptors (Lipinski definition) is 4. The van der Waals surface area contributed by atoms with Gasteiger partial charge in [-0.1, -0.05) is 17.7 Å². The van der Waals surface area contributed by atoms with E-state index in [9.17, 15) is 14.9 Å². The van der Waals surface area contributed by atoms with E-state index in [4.69, 9.17) is 11.6 Å². The van der Waals surface area contributed by atoms with Crippen LogP contribution in [0.4, 0.5) is 5.69 Å². The summed E-state index contributed by atoms with van der Waals surface area (Å²) in [4.78, 5) is 24.2. The van der Waals surface area contributed by atoms with Crippen molar-refractivity contribution in [2.75, 3.05) is 20.6 Å². The van der Waals surface area contributed by atoms with Gasteiger partial charge in [-0.15, -0.1) is 0 Å². The Morgan fingerprint density at radius 2 is 2.05 bits per heavy atom. The van der Waals surface area contributed by atoms with Crippen LogP contribution in [0.5, 0.6) is 0 Å². The number of nitrogens with one attached hydrogen (secondary N) is 1. The van der Waals surface area contributed by atoms with Crippen LogP contribution in [-0.2, 0) is 0 Å². The van der Waals surface area contributed by atoms with E-state index < -0.39 is 10.8 Å². The molecule has 0 aliphatic heterocycles. The molecule has 1 N–H and O–H groups in total. The highest BCUT2D eigenvalue weighted by Crippen LogP contribution is 2.27. The van der Waals surface area contributed by atoms with Crippen molar-refractivity contribution in [1.82, 2.24) is 10.2 Å². The molecule has 20 heavy (non-hydrogen) atoms. The molecule has 0 fully saturated rings. The zero-order chi connectivity index (χ0) is 15.5. The molecule has 0 saturated heterocycles. The highest BCUT2D eigenvalue weighted by molar-refractivity contribution is 6.35. The molecular formula is C13H18ClN3O3. The van der Waals surface area contributed by atoms with Crippen LogP contribution >= 0.6 is 11.6 Å². The van der Waals surface area contributed by atoms with E-state index in [1.165, 1.54) is 18.2 Å². The minimum absolute atomic E-state index is 0.107. The molecule has 1 aromatic rings. The second kappa shape index (κ2) is 6.19. The molecule has 0 saturated carbocycles. The third kappa shape index (κ3) is 3.68. The van der Waals surface area contributed by atoms with Gasteiger partial charge in [-0.05, 0) is 34.0 Å². The maximum atomic E-state index is 12.1. The second-order valence-electron chi connectivity index (χ2n) is 5.29. The van der Waals surface area contributed by atoms with Crippen LogP contribution in [0.3, 0.4) is 0 Å². The molecule has 1 rings (SSSR count). The maximum absolute atomic E-state index is 12.1. The number of amides is 1. The third-order valence-electron chi connectivity index (χ3n) is 3.31. The number of hydrogen-bond donors (Lipinski definition) is 1. The molecule has 6 nitrogen and oxygen atoms in total. The molecule has 0 bridgehead atoms. The van der Waals surface area contributed by atoms with Gasteiger partial charge >= 0.3 is 0 Å². The minimum Gasteiger partial charge on any atom is -0.350 e. The van der Waals surface area contributed by atoms with Crippen molar-refractivity contribution < 1.29 is 9.72 Å². The van der Waals surface area contributed by atoms with Crippen LogP contribution in [0.2, 0.25) is 5.02 Å². The SMILES string of the molecule is CN(C)C(C)(C)CNC(=O)c1cccc([N+](=O)[O-])c1Cl. The van der Waals surface area contributed by atoms with Crippen molar-refractivity contribution >= 4 is 23.2 Å². The zero-order valence-electron chi connectivity index (χ0n) is 11.9. The summed E-state index contributed by atoms with van der Waals surface area (Å²) in [5.41, 5.74) is -0.398. The van der Waals surface area contributed by atoms with Crippen molar-refractivity contribution in [1.29, 1.82) is 0 Å². The lowest BCUT2D eigenvalue weighted by atomic mass is 10.0. The first-order valence-electron chi connectivity index (χ1n) is 6.05. The molecule has 0 atom stereocenters. The van der Waals surface area contributed by atoms with E-state index in [0.717, 1.165) is 0 Å². The van der Waals surface area contributed by atoms with Crippen LogP contribution in [0.25, 0.3) is 0 Å². The van der Waals surface area contributed by atoms with Gasteiger partial charge in [-0.3, -0.25) is 14.9 Å². The predicted molar refractivity (Wildman–Crippen MR) is 78.2 cm³/mol. The van der Waals surface area contributed by atoms with Crippen molar-refractivity contribution in [2.24, 2.45) is 0 Å². The van der Waals surface area contributed by atoms with Crippen LogP contribution in [-0.4, -0.2) is 41.9 Å². The third-order valence-corrected chi connectivity index (χ3v) is 3.71. The summed E-state index contributed by atoms with van der Waals surface area (Å²) in [5, 5.41) is 13.4. The van der Waals surface area contributed by atoms with Gasteiger partial charge in [0.1, 0.15) is 5.02 Å². The molecule has 0 aromatic heterocycles. The number of nitrogens with zero attached hydrogens (tertiary/aromatic N) is 2. The molecule has 110 valence electrons. The second-order valence-corrected chi connectivity index (χ2v) is 5.66. The number of carbonyl (C=O) groups is 1. The van der Waals surface area contributed by atoms with Crippen molar-refractivity contribution in [3.05, 3.63) is 38.9 Å². The number of carbonyl (C=O) groups excluding carboxylic acids is 1. The highest BCUT2D eigenvalue weighted by Gasteiger charge is 2.24. The Balaban J connectivity index is 2.89. The molecule has 0 aliphatic carbocycles. The molecule has 0 spiro atoms. The van der Waals surface area contributed by atoms with E-state index in [1.54, 1.807) is 0 Å². The van der Waals surface area contributed by atoms with Crippen LogP contribution in [0.1, 0.15) is 24.2 Å². The molecule has 0 radical (unpaired) electrons. The zero-order valence-corrected chi connectivity index (χ0v) is 12.7. The number of likely N-dealkylation sites (N-methyl/N-ethyl adjacent to an activating group) is 1. The first kappa shape index (κ1) is 16.4.